The van der Waals surface area contributed by atoms with Crippen LogP contribution in [0.15, 0.2) is 0 Å². The van der Waals surface area contributed by atoms with Crippen LogP contribution in [0.2, 0.25) is 0 Å². The van der Waals surface area contributed by atoms with Gasteiger partial charge in [0.1, 0.15) is 0 Å². The van der Waals surface area contributed by atoms with Crippen molar-refractivity contribution in [3.8, 4) is 0 Å². The Labute approximate surface area is 237 Å². The molecule has 0 aromatic rings. The molecule has 0 unspecified atom stereocenters. The smallest absolute Gasteiger partial charge is 0.218 e. The Morgan fingerprint density at radius 3 is 0.895 bits per heavy atom. The Morgan fingerprint density at radius 2 is 0.895 bits per heavy atom. The first-order valence-corrected chi connectivity index (χ1v) is 15.1. The first-order chi connectivity index (χ1) is 16.3. The van der Waals surface area contributed by atoms with Gasteiger partial charge in [0.25, 0.3) is 0 Å². The van der Waals surface area contributed by atoms with Crippen LogP contribution in [0.1, 0.15) is 35.1 Å². The van der Waals surface area contributed by atoms with E-state index >= 15 is 0 Å². The van der Waals surface area contributed by atoms with Crippen molar-refractivity contribution in [3.05, 3.63) is 0 Å². The van der Waals surface area contributed by atoms with Crippen molar-refractivity contribution in [2.75, 3.05) is 110 Å². The molecule has 0 heterocycles. The van der Waals surface area contributed by atoms with Gasteiger partial charge < -0.3 is 25.3 Å². The van der Waals surface area contributed by atoms with Gasteiger partial charge >= 0.3 is 0 Å². The van der Waals surface area contributed by atoms with Gasteiger partial charge in [0, 0.05) is 49.1 Å². The van der Waals surface area contributed by atoms with Crippen molar-refractivity contribution in [2.45, 2.75) is 35.1 Å². The van der Waals surface area contributed by atoms with Crippen molar-refractivity contribution in [1.82, 2.24) is 34.4 Å². The van der Waals surface area contributed by atoms with Gasteiger partial charge in [-0.1, -0.05) is 21.3 Å². The van der Waals surface area contributed by atoms with E-state index in [1.54, 1.807) is 21.1 Å². The standard InChI is InChI=1S/C4H9NO.C4H11N.C3H9NO2S.C3H7NO.2C3H9N.C2H7NO2S.CH4/c1-4(6)5(2)3;1-4-5(2)3;1-4(2)7(3,5)6;1-3(5)4-2;1-4(2)3;1-3-4-2;1-3-6(2,4)5;/h1-3H3;4H2,1-3H3;1-3H3;1-2H3,(H,4,5);1-3H3;4H,3H2,1-2H3;3H,1-2H3;1H4. The van der Waals surface area contributed by atoms with Crippen molar-refractivity contribution < 1.29 is 26.4 Å². The van der Waals surface area contributed by atoms with Gasteiger partial charge in [-0.2, -0.15) is 0 Å². The summed E-state index contributed by atoms with van der Waals surface area (Å²) in [6.45, 7) is 9.40. The van der Waals surface area contributed by atoms with Crippen molar-refractivity contribution in [1.29, 1.82) is 0 Å². The Kier molecular flexibility index (Phi) is 56.4. The zero-order valence-corrected chi connectivity index (χ0v) is 28.6. The fourth-order valence-electron chi connectivity index (χ4n) is 0. The molecule has 0 spiro atoms. The molecule has 38 heavy (non-hydrogen) atoms. The minimum Gasteiger partial charge on any atom is -0.359 e. The average Bonchev–Trinajstić information content (AvgIpc) is 2.73. The Hall–Kier alpha value is -1.36. The summed E-state index contributed by atoms with van der Waals surface area (Å²) in [4.78, 5) is 25.4. The van der Waals surface area contributed by atoms with Crippen LogP contribution in [0, 0.1) is 0 Å². The molecule has 0 bridgehead atoms. The molecular formula is C23H65N7O6S2. The molecule has 3 N–H and O–H groups in total. The van der Waals surface area contributed by atoms with Gasteiger partial charge in [0.2, 0.25) is 31.9 Å². The summed E-state index contributed by atoms with van der Waals surface area (Å²) in [5.41, 5.74) is 0. The lowest BCUT2D eigenvalue weighted by Crippen LogP contribution is -2.19. The molecule has 0 rings (SSSR count). The molecule has 0 atom stereocenters. The predicted molar refractivity (Wildman–Crippen MR) is 167 cm³/mol. The first kappa shape index (κ1) is 56.7. The summed E-state index contributed by atoms with van der Waals surface area (Å²) >= 11 is 0. The highest BCUT2D eigenvalue weighted by Crippen LogP contribution is 1.83. The molecule has 15 heteroatoms. The fourth-order valence-corrected chi connectivity index (χ4v) is 0. The first-order valence-electron chi connectivity index (χ1n) is 11.4. The van der Waals surface area contributed by atoms with Gasteiger partial charge in [0.05, 0.1) is 12.5 Å². The topological polar surface area (TPSA) is 151 Å². The number of rotatable bonds is 4. The second kappa shape index (κ2) is 37.8. The highest BCUT2D eigenvalue weighted by Gasteiger charge is 2.01. The molecule has 0 fully saturated rings. The Balaban J connectivity index is -0.0000000462. The highest BCUT2D eigenvalue weighted by atomic mass is 32.2. The molecule has 0 aliphatic heterocycles. The second-order valence-corrected chi connectivity index (χ2v) is 12.3. The van der Waals surface area contributed by atoms with E-state index in [-0.39, 0.29) is 19.2 Å². The number of sulfonamides is 2. The van der Waals surface area contributed by atoms with Crippen LogP contribution in [-0.2, 0) is 29.6 Å². The van der Waals surface area contributed by atoms with E-state index in [9.17, 15) is 26.4 Å². The van der Waals surface area contributed by atoms with Gasteiger partial charge in [0.15, 0.2) is 0 Å². The van der Waals surface area contributed by atoms with Gasteiger partial charge in [-0.25, -0.2) is 25.9 Å². The van der Waals surface area contributed by atoms with Crippen LogP contribution >= 0.6 is 0 Å². The largest absolute Gasteiger partial charge is 0.359 e. The van der Waals surface area contributed by atoms with Gasteiger partial charge in [-0.05, 0) is 62.4 Å². The van der Waals surface area contributed by atoms with Crippen molar-refractivity contribution in [3.63, 3.8) is 0 Å². The molecule has 0 saturated carbocycles. The van der Waals surface area contributed by atoms with Crippen LogP contribution in [0.4, 0.5) is 0 Å². The predicted octanol–water partition coefficient (Wildman–Crippen LogP) is 0.127. The van der Waals surface area contributed by atoms with Crippen LogP contribution in [0.25, 0.3) is 0 Å². The molecule has 0 saturated heterocycles. The van der Waals surface area contributed by atoms with Gasteiger partial charge in [-0.15, -0.1) is 0 Å². The fraction of sp³-hybridized carbons (Fsp3) is 0.913. The van der Waals surface area contributed by atoms with E-state index < -0.39 is 20.0 Å². The third kappa shape index (κ3) is 142. The van der Waals surface area contributed by atoms with Crippen LogP contribution in [-0.4, -0.2) is 158 Å². The van der Waals surface area contributed by atoms with Gasteiger partial charge in [-0.3, -0.25) is 9.59 Å². The molecule has 0 radical (unpaired) electrons. The van der Waals surface area contributed by atoms with Crippen LogP contribution in [0.3, 0.4) is 0 Å². The molecule has 0 aliphatic rings. The molecule has 2 amide bonds. The number of nitrogens with one attached hydrogen (secondary N) is 3. The maximum Gasteiger partial charge on any atom is 0.218 e. The Bertz CT molecular complexity index is 680. The third-order valence-corrected chi connectivity index (χ3v) is 5.07. The summed E-state index contributed by atoms with van der Waals surface area (Å²) in [6, 6.07) is 0. The summed E-state index contributed by atoms with van der Waals surface area (Å²) in [7, 11) is 15.6. The Morgan fingerprint density at radius 1 is 0.737 bits per heavy atom. The maximum atomic E-state index is 10.3. The zero-order chi connectivity index (χ0) is 32.0. The van der Waals surface area contributed by atoms with E-state index in [4.69, 9.17) is 0 Å². The lowest BCUT2D eigenvalue weighted by Gasteiger charge is -2.02. The minimum atomic E-state index is -2.91. The maximum absolute atomic E-state index is 10.3. The van der Waals surface area contributed by atoms with E-state index in [1.807, 2.05) is 33.1 Å². The number of amides is 2. The number of carbonyl (C=O) groups excluding carboxylic acids is 2. The third-order valence-electron chi connectivity index (χ3n) is 3.00. The lowest BCUT2D eigenvalue weighted by molar-refractivity contribution is -0.126. The monoisotopic (exact) mass is 599 g/mol. The molecule has 240 valence electrons. The molecular weight excluding hydrogens is 534 g/mol. The lowest BCUT2D eigenvalue weighted by atomic mass is 10.7. The molecule has 0 aliphatic carbocycles. The molecule has 0 aromatic carbocycles. The summed E-state index contributed by atoms with van der Waals surface area (Å²) < 4.78 is 43.5. The minimum absolute atomic E-state index is 0. The quantitative estimate of drug-likeness (QED) is 0.409. The van der Waals surface area contributed by atoms with Crippen molar-refractivity contribution >= 4 is 31.9 Å². The SMILES string of the molecule is C.CC(=O)N(C)C.CCN(C)C.CCNC.CN(C)C.CN(C)S(C)(=O)=O.CNC(C)=O.CNS(C)(=O)=O. The van der Waals surface area contributed by atoms with Crippen molar-refractivity contribution in [2.24, 2.45) is 0 Å². The normalized spacial score (nSPS) is 9.29. The number of carbonyl (C=O) groups is 2. The van der Waals surface area contributed by atoms with E-state index in [0.717, 1.165) is 29.9 Å². The average molecular weight is 600 g/mol. The molecule has 13 nitrogen and oxygen atoms in total. The summed E-state index contributed by atoms with van der Waals surface area (Å²) in [5.74, 6) is 0.0972. The molecule has 0 aromatic heterocycles. The van der Waals surface area contributed by atoms with E-state index in [2.05, 4.69) is 48.2 Å². The number of nitrogens with zero attached hydrogens (tertiary/aromatic N) is 4. The number of hydrogen-bond donors (Lipinski definition) is 3. The summed E-state index contributed by atoms with van der Waals surface area (Å²) in [6.07, 6.45) is 2.26. The number of hydrogen-bond acceptors (Lipinski definition) is 9. The summed E-state index contributed by atoms with van der Waals surface area (Å²) in [5, 5.41) is 5.32. The second-order valence-electron chi connectivity index (χ2n) is 8.19. The van der Waals surface area contributed by atoms with E-state index in [0.29, 0.717) is 0 Å². The highest BCUT2D eigenvalue weighted by molar-refractivity contribution is 7.88. The van der Waals surface area contributed by atoms with Crippen LogP contribution < -0.4 is 15.4 Å². The van der Waals surface area contributed by atoms with Crippen LogP contribution in [0.5, 0.6) is 0 Å². The zero-order valence-electron chi connectivity index (χ0n) is 27.0. The van der Waals surface area contributed by atoms with E-state index in [1.165, 1.54) is 39.9 Å².